The molecular formula is C12H12N. The van der Waals surface area contributed by atoms with E-state index in [-0.39, 0.29) is 0 Å². The minimum absolute atomic E-state index is 0.302. The molecule has 1 aromatic carbocycles. The molecule has 0 fully saturated rings. The second-order valence-electron chi connectivity index (χ2n) is 3.27. The van der Waals surface area contributed by atoms with Gasteiger partial charge in [0, 0.05) is 23.0 Å². The summed E-state index contributed by atoms with van der Waals surface area (Å²) in [4.78, 5) is 3.23. The molecule has 2 aromatic rings. The first-order valence-electron chi connectivity index (χ1n) is 4.44. The van der Waals surface area contributed by atoms with Crippen molar-refractivity contribution in [3.8, 4) is 0 Å². The highest BCUT2D eigenvalue weighted by Gasteiger charge is 2.06. The molecule has 0 amide bonds. The molecule has 0 saturated carbocycles. The summed E-state index contributed by atoms with van der Waals surface area (Å²) in [5.41, 5.74) is 2.43. The standard InChI is InChI=1S/C12H12N/c1-3-9(2)11-8-13-12-7-5-4-6-10(11)12/h1,3-9,13H,2H3. The molecule has 0 aliphatic rings. The lowest BCUT2D eigenvalue weighted by atomic mass is 10.0. The van der Waals surface area contributed by atoms with Crippen LogP contribution in [0.15, 0.2) is 36.5 Å². The van der Waals surface area contributed by atoms with Gasteiger partial charge in [-0.05, 0) is 11.6 Å². The van der Waals surface area contributed by atoms with Crippen molar-refractivity contribution in [2.24, 2.45) is 0 Å². The number of H-pyrrole nitrogens is 1. The van der Waals surface area contributed by atoms with Crippen LogP contribution in [0.25, 0.3) is 10.9 Å². The van der Waals surface area contributed by atoms with Crippen LogP contribution in [-0.4, -0.2) is 4.98 Å². The van der Waals surface area contributed by atoms with Crippen molar-refractivity contribution in [3.05, 3.63) is 48.7 Å². The predicted octanol–water partition coefficient (Wildman–Crippen LogP) is 3.26. The lowest BCUT2D eigenvalue weighted by Crippen LogP contribution is -1.84. The minimum atomic E-state index is 0.302. The van der Waals surface area contributed by atoms with Gasteiger partial charge in [-0.25, -0.2) is 0 Å². The zero-order chi connectivity index (χ0) is 9.26. The third kappa shape index (κ3) is 1.26. The van der Waals surface area contributed by atoms with Gasteiger partial charge in [0.2, 0.25) is 0 Å². The molecule has 1 atom stereocenters. The fourth-order valence-electron chi connectivity index (χ4n) is 1.57. The van der Waals surface area contributed by atoms with Crippen molar-refractivity contribution < 1.29 is 0 Å². The number of hydrogen-bond acceptors (Lipinski definition) is 0. The Bertz CT molecular complexity index is 425. The molecule has 65 valence electrons. The van der Waals surface area contributed by atoms with Crippen LogP contribution in [0.2, 0.25) is 0 Å². The van der Waals surface area contributed by atoms with E-state index < -0.39 is 0 Å². The number of aromatic nitrogens is 1. The van der Waals surface area contributed by atoms with Crippen LogP contribution in [0.3, 0.4) is 0 Å². The third-order valence-electron chi connectivity index (χ3n) is 2.40. The molecule has 1 aromatic heterocycles. The fourth-order valence-corrected chi connectivity index (χ4v) is 1.57. The summed E-state index contributed by atoms with van der Waals surface area (Å²) < 4.78 is 0. The molecule has 1 N–H and O–H groups in total. The first-order chi connectivity index (χ1) is 6.33. The van der Waals surface area contributed by atoms with Gasteiger partial charge in [-0.2, -0.15) is 0 Å². The predicted molar refractivity (Wildman–Crippen MR) is 55.6 cm³/mol. The Morgan fingerprint density at radius 1 is 1.38 bits per heavy atom. The maximum Gasteiger partial charge on any atom is 0.0457 e. The van der Waals surface area contributed by atoms with Gasteiger partial charge in [0.05, 0.1) is 0 Å². The number of rotatable bonds is 2. The van der Waals surface area contributed by atoms with Gasteiger partial charge in [0.1, 0.15) is 0 Å². The molecule has 0 saturated heterocycles. The van der Waals surface area contributed by atoms with Crippen LogP contribution >= 0.6 is 0 Å². The first kappa shape index (κ1) is 8.11. The fraction of sp³-hybridized carbons (Fsp3) is 0.167. The van der Waals surface area contributed by atoms with Gasteiger partial charge in [-0.15, -0.1) is 0 Å². The van der Waals surface area contributed by atoms with E-state index in [4.69, 9.17) is 6.58 Å². The Labute approximate surface area is 78.1 Å². The number of para-hydroxylation sites is 1. The van der Waals surface area contributed by atoms with E-state index in [1.807, 2.05) is 18.3 Å². The van der Waals surface area contributed by atoms with Crippen molar-refractivity contribution in [1.82, 2.24) is 4.98 Å². The lowest BCUT2D eigenvalue weighted by Gasteiger charge is -2.02. The molecular weight excluding hydrogens is 158 g/mol. The third-order valence-corrected chi connectivity index (χ3v) is 2.40. The highest BCUT2D eigenvalue weighted by atomic mass is 14.7. The van der Waals surface area contributed by atoms with E-state index in [0.717, 1.165) is 0 Å². The van der Waals surface area contributed by atoms with Crippen LogP contribution < -0.4 is 0 Å². The molecule has 2 rings (SSSR count). The second-order valence-corrected chi connectivity index (χ2v) is 3.27. The number of benzene rings is 1. The van der Waals surface area contributed by atoms with E-state index in [9.17, 15) is 0 Å². The highest BCUT2D eigenvalue weighted by Crippen LogP contribution is 2.25. The zero-order valence-electron chi connectivity index (χ0n) is 7.62. The molecule has 13 heavy (non-hydrogen) atoms. The summed E-state index contributed by atoms with van der Waals surface area (Å²) in [6.07, 6.45) is 3.74. The number of allylic oxidation sites excluding steroid dienone is 1. The maximum atomic E-state index is 5.52. The van der Waals surface area contributed by atoms with Crippen LogP contribution in [-0.2, 0) is 0 Å². The number of fused-ring (bicyclic) bond motifs is 1. The molecule has 1 heterocycles. The molecule has 1 radical (unpaired) electrons. The zero-order valence-corrected chi connectivity index (χ0v) is 7.62. The van der Waals surface area contributed by atoms with Gasteiger partial charge in [-0.3, -0.25) is 0 Å². The molecule has 1 unspecified atom stereocenters. The first-order valence-corrected chi connectivity index (χ1v) is 4.44. The van der Waals surface area contributed by atoms with E-state index in [2.05, 4.69) is 24.0 Å². The Balaban J connectivity index is 2.64. The van der Waals surface area contributed by atoms with Crippen molar-refractivity contribution in [3.63, 3.8) is 0 Å². The Hall–Kier alpha value is -1.50. The lowest BCUT2D eigenvalue weighted by molar-refractivity contribution is 0.980. The second kappa shape index (κ2) is 3.09. The SMILES string of the molecule is [CH]=CC(C)c1c[nH]c2ccccc12. The number of aromatic amines is 1. The van der Waals surface area contributed by atoms with E-state index >= 15 is 0 Å². The van der Waals surface area contributed by atoms with Crippen molar-refractivity contribution >= 4 is 10.9 Å². The van der Waals surface area contributed by atoms with E-state index in [1.54, 1.807) is 6.08 Å². The number of nitrogens with one attached hydrogen (secondary N) is 1. The average Bonchev–Trinajstić information content (AvgIpc) is 2.60. The summed E-state index contributed by atoms with van der Waals surface area (Å²) in [5.74, 6) is 0.302. The van der Waals surface area contributed by atoms with Crippen molar-refractivity contribution in [2.45, 2.75) is 12.8 Å². The highest BCUT2D eigenvalue weighted by molar-refractivity contribution is 5.83. The van der Waals surface area contributed by atoms with E-state index in [0.29, 0.717) is 5.92 Å². The van der Waals surface area contributed by atoms with Crippen molar-refractivity contribution in [1.29, 1.82) is 0 Å². The van der Waals surface area contributed by atoms with Gasteiger partial charge in [0.15, 0.2) is 0 Å². The molecule has 1 nitrogen and oxygen atoms in total. The van der Waals surface area contributed by atoms with Crippen LogP contribution in [0.1, 0.15) is 18.4 Å². The molecule has 0 bridgehead atoms. The van der Waals surface area contributed by atoms with Crippen molar-refractivity contribution in [2.75, 3.05) is 0 Å². The topological polar surface area (TPSA) is 15.8 Å². The molecule has 0 aliphatic carbocycles. The van der Waals surface area contributed by atoms with Gasteiger partial charge >= 0.3 is 0 Å². The monoisotopic (exact) mass is 170 g/mol. The summed E-state index contributed by atoms with van der Waals surface area (Å²) in [7, 11) is 0. The summed E-state index contributed by atoms with van der Waals surface area (Å²) >= 11 is 0. The van der Waals surface area contributed by atoms with Crippen LogP contribution in [0, 0.1) is 6.58 Å². The quantitative estimate of drug-likeness (QED) is 0.712. The Morgan fingerprint density at radius 3 is 2.92 bits per heavy atom. The van der Waals surface area contributed by atoms with E-state index in [1.165, 1.54) is 16.5 Å². The van der Waals surface area contributed by atoms with Crippen LogP contribution in [0.5, 0.6) is 0 Å². The molecule has 1 heteroatoms. The number of hydrogen-bond donors (Lipinski definition) is 1. The summed E-state index contributed by atoms with van der Waals surface area (Å²) in [6, 6.07) is 8.26. The average molecular weight is 170 g/mol. The Morgan fingerprint density at radius 2 is 2.15 bits per heavy atom. The van der Waals surface area contributed by atoms with Gasteiger partial charge < -0.3 is 4.98 Å². The summed E-state index contributed by atoms with van der Waals surface area (Å²) in [5, 5.41) is 1.26. The van der Waals surface area contributed by atoms with Gasteiger partial charge in [-0.1, -0.05) is 37.8 Å². The van der Waals surface area contributed by atoms with Crippen LogP contribution in [0.4, 0.5) is 0 Å². The maximum absolute atomic E-state index is 5.52. The normalized spacial score (nSPS) is 13.0. The summed E-state index contributed by atoms with van der Waals surface area (Å²) in [6.45, 7) is 7.61. The van der Waals surface area contributed by atoms with Gasteiger partial charge in [0.25, 0.3) is 0 Å². The minimum Gasteiger partial charge on any atom is -0.361 e. The Kier molecular flexibility index (Phi) is 1.93. The smallest absolute Gasteiger partial charge is 0.0457 e. The molecule has 0 aliphatic heterocycles. The largest absolute Gasteiger partial charge is 0.361 e. The molecule has 0 spiro atoms.